The van der Waals surface area contributed by atoms with Gasteiger partial charge in [0.25, 0.3) is 0 Å². The molecule has 0 amide bonds. The van der Waals surface area contributed by atoms with Gasteiger partial charge in [-0.15, -0.1) is 0 Å². The summed E-state index contributed by atoms with van der Waals surface area (Å²) in [5.74, 6) is 0. The van der Waals surface area contributed by atoms with Gasteiger partial charge in [-0.3, -0.25) is 0 Å². The second-order valence-corrected chi connectivity index (χ2v) is 4.77. The van der Waals surface area contributed by atoms with Crippen LogP contribution in [0.4, 0.5) is 13.2 Å². The van der Waals surface area contributed by atoms with Crippen LogP contribution < -0.4 is 5.73 Å². The van der Waals surface area contributed by atoms with Crippen molar-refractivity contribution < 1.29 is 17.9 Å². The molecule has 0 heterocycles. The van der Waals surface area contributed by atoms with Crippen LogP contribution in [0.3, 0.4) is 0 Å². The van der Waals surface area contributed by atoms with Gasteiger partial charge in [0.2, 0.25) is 0 Å². The van der Waals surface area contributed by atoms with E-state index in [4.69, 9.17) is 17.3 Å². The summed E-state index contributed by atoms with van der Waals surface area (Å²) >= 11 is 6.00. The van der Waals surface area contributed by atoms with Crippen LogP contribution >= 0.6 is 11.6 Å². The first-order valence-corrected chi connectivity index (χ1v) is 6.40. The number of alkyl halides is 3. The highest BCUT2D eigenvalue weighted by Gasteiger charge is 2.27. The van der Waals surface area contributed by atoms with Gasteiger partial charge in [0.05, 0.1) is 0 Å². The molecule has 0 aliphatic carbocycles. The smallest absolute Gasteiger partial charge is 0.372 e. The minimum atomic E-state index is -4.26. The van der Waals surface area contributed by atoms with Crippen molar-refractivity contribution in [3.8, 4) is 0 Å². The second-order valence-electron chi connectivity index (χ2n) is 4.37. The van der Waals surface area contributed by atoms with Gasteiger partial charge in [0, 0.05) is 17.7 Å². The Morgan fingerprint density at radius 3 is 2.58 bits per heavy atom. The zero-order valence-electron chi connectivity index (χ0n) is 10.4. The normalized spacial score (nSPS) is 13.5. The third-order valence-corrected chi connectivity index (χ3v) is 2.94. The third-order valence-electron chi connectivity index (χ3n) is 2.57. The highest BCUT2D eigenvalue weighted by molar-refractivity contribution is 6.31. The SMILES string of the molecule is NC(CCCOCC(F)(F)F)Cc1ccccc1Cl. The van der Waals surface area contributed by atoms with Gasteiger partial charge in [-0.25, -0.2) is 0 Å². The largest absolute Gasteiger partial charge is 0.411 e. The molecule has 1 unspecified atom stereocenters. The molecule has 0 fully saturated rings. The predicted molar refractivity (Wildman–Crippen MR) is 69.2 cm³/mol. The Balaban J connectivity index is 2.18. The summed E-state index contributed by atoms with van der Waals surface area (Å²) in [6, 6.07) is 7.26. The van der Waals surface area contributed by atoms with Crippen molar-refractivity contribution in [1.82, 2.24) is 0 Å². The van der Waals surface area contributed by atoms with Gasteiger partial charge in [-0.1, -0.05) is 29.8 Å². The van der Waals surface area contributed by atoms with Crippen molar-refractivity contribution in [3.63, 3.8) is 0 Å². The maximum atomic E-state index is 11.8. The van der Waals surface area contributed by atoms with Gasteiger partial charge in [0.1, 0.15) is 6.61 Å². The highest BCUT2D eigenvalue weighted by Crippen LogP contribution is 2.18. The Bertz CT molecular complexity index is 384. The van der Waals surface area contributed by atoms with E-state index in [0.717, 1.165) is 5.56 Å². The Hall–Kier alpha value is -0.780. The lowest BCUT2D eigenvalue weighted by Gasteiger charge is -2.13. The number of halogens is 4. The fourth-order valence-corrected chi connectivity index (χ4v) is 1.90. The van der Waals surface area contributed by atoms with Gasteiger partial charge in [0.15, 0.2) is 0 Å². The molecule has 0 radical (unpaired) electrons. The molecule has 1 atom stereocenters. The maximum Gasteiger partial charge on any atom is 0.411 e. The van der Waals surface area contributed by atoms with E-state index in [1.54, 1.807) is 6.07 Å². The van der Waals surface area contributed by atoms with Crippen LogP contribution in [0.5, 0.6) is 0 Å². The van der Waals surface area contributed by atoms with Gasteiger partial charge in [-0.05, 0) is 30.9 Å². The summed E-state index contributed by atoms with van der Waals surface area (Å²) in [5, 5.41) is 0.659. The molecular formula is C13H17ClF3NO. The molecule has 0 spiro atoms. The lowest BCUT2D eigenvalue weighted by Crippen LogP contribution is -2.24. The fourth-order valence-electron chi connectivity index (χ4n) is 1.68. The zero-order chi connectivity index (χ0) is 14.3. The minimum absolute atomic E-state index is 0.0652. The van der Waals surface area contributed by atoms with Gasteiger partial charge < -0.3 is 10.5 Å². The first-order valence-electron chi connectivity index (χ1n) is 6.02. The van der Waals surface area contributed by atoms with Crippen molar-refractivity contribution in [1.29, 1.82) is 0 Å². The molecule has 6 heteroatoms. The van der Waals surface area contributed by atoms with E-state index >= 15 is 0 Å². The fraction of sp³-hybridized carbons (Fsp3) is 0.538. The van der Waals surface area contributed by atoms with Crippen molar-refractivity contribution >= 4 is 11.6 Å². The van der Waals surface area contributed by atoms with Crippen LogP contribution in [-0.2, 0) is 11.2 Å². The van der Waals surface area contributed by atoms with Crippen molar-refractivity contribution in [2.24, 2.45) is 5.73 Å². The summed E-state index contributed by atoms with van der Waals surface area (Å²) in [6.45, 7) is -1.14. The highest BCUT2D eigenvalue weighted by atomic mass is 35.5. The lowest BCUT2D eigenvalue weighted by molar-refractivity contribution is -0.174. The third kappa shape index (κ3) is 7.40. The molecule has 1 rings (SSSR count). The number of ether oxygens (including phenoxy) is 1. The van der Waals surface area contributed by atoms with Crippen LogP contribution in [0.1, 0.15) is 18.4 Å². The van der Waals surface area contributed by atoms with Crippen LogP contribution in [0.15, 0.2) is 24.3 Å². The summed E-state index contributed by atoms with van der Waals surface area (Å²) in [7, 11) is 0. The van der Waals surface area contributed by atoms with E-state index in [-0.39, 0.29) is 12.6 Å². The summed E-state index contributed by atoms with van der Waals surface area (Å²) < 4.78 is 39.9. The summed E-state index contributed by atoms with van der Waals surface area (Å²) in [6.07, 6.45) is -2.55. The quantitative estimate of drug-likeness (QED) is 0.781. The van der Waals surface area contributed by atoms with Crippen LogP contribution in [0.25, 0.3) is 0 Å². The van der Waals surface area contributed by atoms with Crippen LogP contribution in [-0.4, -0.2) is 25.4 Å². The molecule has 0 saturated carbocycles. The van der Waals surface area contributed by atoms with Gasteiger partial charge in [-0.2, -0.15) is 13.2 Å². The van der Waals surface area contributed by atoms with E-state index in [0.29, 0.717) is 24.3 Å². The molecule has 0 bridgehead atoms. The zero-order valence-corrected chi connectivity index (χ0v) is 11.2. The average Bonchev–Trinajstić information content (AvgIpc) is 2.30. The van der Waals surface area contributed by atoms with Gasteiger partial charge >= 0.3 is 6.18 Å². The minimum Gasteiger partial charge on any atom is -0.372 e. The molecule has 1 aromatic rings. The number of benzene rings is 1. The van der Waals surface area contributed by atoms with E-state index in [2.05, 4.69) is 4.74 Å². The number of hydrogen-bond acceptors (Lipinski definition) is 2. The molecule has 0 aliphatic heterocycles. The first-order chi connectivity index (χ1) is 8.88. The van der Waals surface area contributed by atoms with Crippen LogP contribution in [0, 0.1) is 0 Å². The summed E-state index contributed by atoms with van der Waals surface area (Å²) in [4.78, 5) is 0. The van der Waals surface area contributed by atoms with Crippen LogP contribution in [0.2, 0.25) is 5.02 Å². The maximum absolute atomic E-state index is 11.8. The molecule has 1 aromatic carbocycles. The van der Waals surface area contributed by atoms with E-state index in [1.807, 2.05) is 18.2 Å². The topological polar surface area (TPSA) is 35.2 Å². The van der Waals surface area contributed by atoms with E-state index < -0.39 is 12.8 Å². The lowest BCUT2D eigenvalue weighted by atomic mass is 10.0. The average molecular weight is 296 g/mol. The molecule has 0 aliphatic rings. The molecule has 19 heavy (non-hydrogen) atoms. The molecule has 108 valence electrons. The van der Waals surface area contributed by atoms with Crippen molar-refractivity contribution in [2.45, 2.75) is 31.5 Å². The van der Waals surface area contributed by atoms with Crippen molar-refractivity contribution in [2.75, 3.05) is 13.2 Å². The number of rotatable bonds is 7. The van der Waals surface area contributed by atoms with E-state index in [1.165, 1.54) is 0 Å². The molecule has 2 nitrogen and oxygen atoms in total. The van der Waals surface area contributed by atoms with E-state index in [9.17, 15) is 13.2 Å². The number of hydrogen-bond donors (Lipinski definition) is 1. The number of nitrogens with two attached hydrogens (primary N) is 1. The molecule has 0 aromatic heterocycles. The molecule has 0 saturated heterocycles. The Labute approximate surface area is 115 Å². The monoisotopic (exact) mass is 295 g/mol. The predicted octanol–water partition coefficient (Wildman–Crippen LogP) is 3.57. The summed E-state index contributed by atoms with van der Waals surface area (Å²) in [5.41, 5.74) is 6.86. The Morgan fingerprint density at radius 2 is 1.95 bits per heavy atom. The Morgan fingerprint density at radius 1 is 1.26 bits per heavy atom. The Kier molecular flexibility index (Phi) is 6.62. The second kappa shape index (κ2) is 7.72. The molecule has 2 N–H and O–H groups in total. The molecular weight excluding hydrogens is 279 g/mol. The van der Waals surface area contributed by atoms with Crippen molar-refractivity contribution in [3.05, 3.63) is 34.9 Å². The first kappa shape index (κ1) is 16.3. The standard InChI is InChI=1S/C13H17ClF3NO/c14-12-6-2-1-4-10(12)8-11(18)5-3-7-19-9-13(15,16)17/h1-2,4,6,11H,3,5,7-9,18H2.